The lowest BCUT2D eigenvalue weighted by Gasteiger charge is -2.36. The molecule has 2 heterocycles. The maximum absolute atomic E-state index is 5.42. The minimum atomic E-state index is 0.120. The van der Waals surface area contributed by atoms with Crippen LogP contribution in [0, 0.1) is 5.41 Å². The predicted molar refractivity (Wildman–Crippen MR) is 124 cm³/mol. The minimum absolute atomic E-state index is 0.120. The zero-order valence-electron chi connectivity index (χ0n) is 18.6. The van der Waals surface area contributed by atoms with Gasteiger partial charge in [-0.25, -0.2) is 4.98 Å². The summed E-state index contributed by atoms with van der Waals surface area (Å²) in [6.07, 6.45) is 4.25. The number of thioether (sulfide) groups is 1. The van der Waals surface area contributed by atoms with Crippen molar-refractivity contribution in [2.24, 2.45) is 10.4 Å². The number of ether oxygens (including phenoxy) is 3. The van der Waals surface area contributed by atoms with Crippen LogP contribution in [0.4, 0.5) is 5.69 Å². The quantitative estimate of drug-likeness (QED) is 0.650. The molecule has 0 unspecified atom stereocenters. The van der Waals surface area contributed by atoms with Gasteiger partial charge in [-0.05, 0) is 42.4 Å². The number of nitrogens with zero attached hydrogens (tertiary/aromatic N) is 3. The monoisotopic (exact) mass is 440 g/mol. The standard InChI is InChI=1S/C23H28N4O3S/c1-23(2)11-15(24-9-8-14-6-7-17(28-3)18(10-14)29-4)20-16(12-23)27-19-21(30-5)25-13-26-22(19)31-20/h6-7,10,13,27H,8-9,11-12H2,1-5H3. The van der Waals surface area contributed by atoms with Gasteiger partial charge < -0.3 is 19.5 Å². The Balaban J connectivity index is 1.57. The first-order valence-corrected chi connectivity index (χ1v) is 11.1. The van der Waals surface area contributed by atoms with Crippen LogP contribution in [0.2, 0.25) is 0 Å². The van der Waals surface area contributed by atoms with Crippen LogP contribution in [0.3, 0.4) is 0 Å². The first-order valence-electron chi connectivity index (χ1n) is 10.3. The van der Waals surface area contributed by atoms with Crippen LogP contribution >= 0.6 is 11.8 Å². The van der Waals surface area contributed by atoms with Gasteiger partial charge in [0, 0.05) is 12.2 Å². The molecule has 0 saturated heterocycles. The Kier molecular flexibility index (Phi) is 6.09. The van der Waals surface area contributed by atoms with Crippen molar-refractivity contribution >= 4 is 23.2 Å². The average molecular weight is 441 g/mol. The molecule has 4 rings (SSSR count). The fourth-order valence-corrected chi connectivity index (χ4v) is 5.01. The second-order valence-electron chi connectivity index (χ2n) is 8.38. The molecular weight excluding hydrogens is 412 g/mol. The Hall–Kier alpha value is -2.74. The van der Waals surface area contributed by atoms with Gasteiger partial charge in [-0.1, -0.05) is 31.7 Å². The molecule has 0 spiro atoms. The Bertz CT molecular complexity index is 1050. The highest BCUT2D eigenvalue weighted by molar-refractivity contribution is 8.04. The molecule has 0 radical (unpaired) electrons. The first kappa shape index (κ1) is 21.5. The maximum Gasteiger partial charge on any atom is 0.241 e. The number of hydrogen-bond donors (Lipinski definition) is 1. The highest BCUT2D eigenvalue weighted by atomic mass is 32.2. The molecule has 8 heteroatoms. The largest absolute Gasteiger partial charge is 0.493 e. The third-order valence-electron chi connectivity index (χ3n) is 5.43. The third kappa shape index (κ3) is 4.49. The molecular formula is C23H28N4O3S. The predicted octanol–water partition coefficient (Wildman–Crippen LogP) is 4.74. The van der Waals surface area contributed by atoms with Gasteiger partial charge in [0.05, 0.1) is 31.9 Å². The number of benzene rings is 1. The summed E-state index contributed by atoms with van der Waals surface area (Å²) >= 11 is 1.66. The van der Waals surface area contributed by atoms with Crippen molar-refractivity contribution in [3.05, 3.63) is 40.7 Å². The lowest BCUT2D eigenvalue weighted by molar-refractivity contribution is 0.354. The summed E-state index contributed by atoms with van der Waals surface area (Å²) in [5.74, 6) is 2.05. The highest BCUT2D eigenvalue weighted by Gasteiger charge is 2.36. The van der Waals surface area contributed by atoms with Crippen LogP contribution in [-0.4, -0.2) is 43.6 Å². The molecule has 0 amide bonds. The first-order chi connectivity index (χ1) is 14.9. The minimum Gasteiger partial charge on any atom is -0.493 e. The summed E-state index contributed by atoms with van der Waals surface area (Å²) in [5, 5.41) is 4.41. The van der Waals surface area contributed by atoms with Crippen molar-refractivity contribution in [2.45, 2.75) is 38.1 Å². The molecule has 31 heavy (non-hydrogen) atoms. The van der Waals surface area contributed by atoms with Crippen LogP contribution in [-0.2, 0) is 6.42 Å². The zero-order valence-corrected chi connectivity index (χ0v) is 19.4. The Labute approximate surface area is 187 Å². The molecule has 7 nitrogen and oxygen atoms in total. The van der Waals surface area contributed by atoms with Gasteiger partial charge in [0.25, 0.3) is 0 Å². The molecule has 1 aliphatic heterocycles. The number of aliphatic imine (C=N–C) groups is 1. The fraction of sp³-hybridized carbons (Fsp3) is 0.435. The van der Waals surface area contributed by atoms with E-state index in [9.17, 15) is 0 Å². The van der Waals surface area contributed by atoms with E-state index in [0.29, 0.717) is 12.4 Å². The lowest BCUT2D eigenvalue weighted by Crippen LogP contribution is -2.29. The van der Waals surface area contributed by atoms with Gasteiger partial charge in [-0.3, -0.25) is 4.99 Å². The van der Waals surface area contributed by atoms with Crippen molar-refractivity contribution in [3.63, 3.8) is 0 Å². The van der Waals surface area contributed by atoms with E-state index in [1.165, 1.54) is 16.2 Å². The van der Waals surface area contributed by atoms with E-state index < -0.39 is 0 Å². The van der Waals surface area contributed by atoms with E-state index in [4.69, 9.17) is 19.2 Å². The number of allylic oxidation sites excluding steroid dienone is 2. The molecule has 0 fully saturated rings. The summed E-state index contributed by atoms with van der Waals surface area (Å²) in [6, 6.07) is 6.02. The Morgan fingerprint density at radius 3 is 2.61 bits per heavy atom. The molecule has 164 valence electrons. The van der Waals surface area contributed by atoms with Gasteiger partial charge in [-0.2, -0.15) is 4.98 Å². The van der Waals surface area contributed by atoms with Crippen LogP contribution in [0.5, 0.6) is 17.4 Å². The van der Waals surface area contributed by atoms with Gasteiger partial charge in [0.2, 0.25) is 5.88 Å². The fourth-order valence-electron chi connectivity index (χ4n) is 3.98. The van der Waals surface area contributed by atoms with Gasteiger partial charge in [0.1, 0.15) is 17.0 Å². The van der Waals surface area contributed by atoms with Crippen molar-refractivity contribution in [3.8, 4) is 17.4 Å². The molecule has 1 aromatic heterocycles. The van der Waals surface area contributed by atoms with Crippen molar-refractivity contribution in [2.75, 3.05) is 33.2 Å². The normalized spacial score (nSPS) is 18.2. The Morgan fingerprint density at radius 1 is 1.06 bits per heavy atom. The smallest absolute Gasteiger partial charge is 0.241 e. The van der Waals surface area contributed by atoms with E-state index in [0.717, 1.165) is 47.2 Å². The summed E-state index contributed by atoms with van der Waals surface area (Å²) in [6.45, 7) is 5.26. The molecule has 0 saturated carbocycles. The lowest BCUT2D eigenvalue weighted by atomic mass is 9.78. The highest BCUT2D eigenvalue weighted by Crippen LogP contribution is 2.49. The third-order valence-corrected chi connectivity index (χ3v) is 6.62. The molecule has 0 atom stereocenters. The van der Waals surface area contributed by atoms with Crippen LogP contribution < -0.4 is 19.5 Å². The van der Waals surface area contributed by atoms with Crippen molar-refractivity contribution < 1.29 is 14.2 Å². The average Bonchev–Trinajstić information content (AvgIpc) is 2.76. The van der Waals surface area contributed by atoms with Crippen LogP contribution in [0.25, 0.3) is 0 Å². The van der Waals surface area contributed by atoms with E-state index in [1.54, 1.807) is 39.4 Å². The number of fused-ring (bicyclic) bond motifs is 1. The molecule has 2 aliphatic rings. The topological polar surface area (TPSA) is 77.9 Å². The van der Waals surface area contributed by atoms with Crippen LogP contribution in [0.1, 0.15) is 32.3 Å². The maximum atomic E-state index is 5.42. The van der Waals surface area contributed by atoms with Gasteiger partial charge >= 0.3 is 0 Å². The Morgan fingerprint density at radius 2 is 1.87 bits per heavy atom. The number of methoxy groups -OCH3 is 3. The number of hydrogen-bond acceptors (Lipinski definition) is 8. The van der Waals surface area contributed by atoms with Crippen molar-refractivity contribution in [1.29, 1.82) is 0 Å². The second-order valence-corrected chi connectivity index (χ2v) is 9.38. The summed E-state index contributed by atoms with van der Waals surface area (Å²) < 4.78 is 16.2. The summed E-state index contributed by atoms with van der Waals surface area (Å²) in [4.78, 5) is 14.9. The second kappa shape index (κ2) is 8.78. The number of anilines is 1. The van der Waals surface area contributed by atoms with Gasteiger partial charge in [-0.15, -0.1) is 0 Å². The number of rotatable bonds is 6. The van der Waals surface area contributed by atoms with Gasteiger partial charge in [0.15, 0.2) is 11.5 Å². The SMILES string of the molecule is COc1ccc(CCN=C2CC(C)(C)CC3=C2Sc2ncnc(OC)c2N3)cc1OC. The van der Waals surface area contributed by atoms with E-state index in [1.807, 2.05) is 12.1 Å². The molecule has 0 bridgehead atoms. The zero-order chi connectivity index (χ0) is 22.0. The number of aromatic nitrogens is 2. The molecule has 2 aromatic rings. The van der Waals surface area contributed by atoms with E-state index >= 15 is 0 Å². The van der Waals surface area contributed by atoms with E-state index in [-0.39, 0.29) is 5.41 Å². The molecule has 1 N–H and O–H groups in total. The summed E-state index contributed by atoms with van der Waals surface area (Å²) in [5.41, 5.74) is 4.44. The van der Waals surface area contributed by atoms with E-state index in [2.05, 4.69) is 35.2 Å². The molecule has 1 aliphatic carbocycles. The number of nitrogens with one attached hydrogen (secondary N) is 1. The van der Waals surface area contributed by atoms with Crippen molar-refractivity contribution in [1.82, 2.24) is 9.97 Å². The molecule has 1 aromatic carbocycles. The van der Waals surface area contributed by atoms with Crippen LogP contribution in [0.15, 0.2) is 45.1 Å². The summed E-state index contributed by atoms with van der Waals surface area (Å²) in [7, 11) is 4.93.